The molecule has 2 nitrogen and oxygen atoms in total. The first-order valence-electron chi connectivity index (χ1n) is 6.11. The number of hydrogen-bond acceptors (Lipinski definition) is 2. The minimum Gasteiger partial charge on any atom is -0.495 e. The lowest BCUT2D eigenvalue weighted by Crippen LogP contribution is -2.01. The Hall–Kier alpha value is -1.51. The molecule has 0 saturated carbocycles. The highest BCUT2D eigenvalue weighted by atomic mass is 35.5. The molecule has 0 bridgehead atoms. The number of benzene rings is 2. The third kappa shape index (κ3) is 3.09. The predicted octanol–water partition coefficient (Wildman–Crippen LogP) is 4.05. The van der Waals surface area contributed by atoms with Crippen molar-refractivity contribution in [1.82, 2.24) is 0 Å². The third-order valence-corrected chi connectivity index (χ3v) is 3.36. The average Bonchev–Trinajstić information content (AvgIpc) is 2.37. The van der Waals surface area contributed by atoms with E-state index in [0.29, 0.717) is 10.8 Å². The van der Waals surface area contributed by atoms with E-state index in [1.807, 2.05) is 32.0 Å². The van der Waals surface area contributed by atoms with E-state index in [2.05, 4.69) is 6.07 Å². The van der Waals surface area contributed by atoms with Crippen molar-refractivity contribution < 1.29 is 9.84 Å². The highest BCUT2D eigenvalue weighted by Crippen LogP contribution is 2.31. The summed E-state index contributed by atoms with van der Waals surface area (Å²) in [4.78, 5) is 0. The summed E-state index contributed by atoms with van der Waals surface area (Å²) in [6.07, 6.45) is -0.676. The molecule has 19 heavy (non-hydrogen) atoms. The van der Waals surface area contributed by atoms with Crippen molar-refractivity contribution in [3.8, 4) is 5.75 Å². The summed E-state index contributed by atoms with van der Waals surface area (Å²) in [5.41, 5.74) is 3.91. The molecule has 0 saturated heterocycles. The molecule has 0 aromatic heterocycles. The first-order valence-corrected chi connectivity index (χ1v) is 6.48. The van der Waals surface area contributed by atoms with Crippen molar-refractivity contribution in [2.24, 2.45) is 0 Å². The van der Waals surface area contributed by atoms with Crippen molar-refractivity contribution >= 4 is 11.6 Å². The molecule has 0 fully saturated rings. The Kier molecular flexibility index (Phi) is 4.13. The molecule has 0 aliphatic heterocycles. The van der Waals surface area contributed by atoms with Crippen LogP contribution in [-0.2, 0) is 0 Å². The minimum absolute atomic E-state index is 0.541. The number of aryl methyl sites for hydroxylation is 2. The third-order valence-electron chi connectivity index (χ3n) is 3.05. The zero-order valence-electron chi connectivity index (χ0n) is 11.3. The van der Waals surface area contributed by atoms with Crippen LogP contribution in [0.3, 0.4) is 0 Å². The summed E-state index contributed by atoms with van der Waals surface area (Å²) in [6, 6.07) is 11.4. The van der Waals surface area contributed by atoms with Crippen LogP contribution >= 0.6 is 11.6 Å². The fourth-order valence-corrected chi connectivity index (χ4v) is 2.40. The summed E-state index contributed by atoms with van der Waals surface area (Å²) in [6.45, 7) is 4.04. The van der Waals surface area contributed by atoms with Crippen LogP contribution in [0, 0.1) is 13.8 Å². The summed E-state index contributed by atoms with van der Waals surface area (Å²) in [7, 11) is 1.56. The van der Waals surface area contributed by atoms with Crippen LogP contribution in [0.15, 0.2) is 36.4 Å². The van der Waals surface area contributed by atoms with Crippen LogP contribution in [-0.4, -0.2) is 12.2 Å². The van der Waals surface area contributed by atoms with Gasteiger partial charge in [-0.25, -0.2) is 0 Å². The lowest BCUT2D eigenvalue weighted by Gasteiger charge is -2.14. The van der Waals surface area contributed by atoms with E-state index in [0.717, 1.165) is 22.3 Å². The van der Waals surface area contributed by atoms with Crippen molar-refractivity contribution in [2.45, 2.75) is 20.0 Å². The van der Waals surface area contributed by atoms with Gasteiger partial charge in [0.1, 0.15) is 11.9 Å². The van der Waals surface area contributed by atoms with Crippen molar-refractivity contribution in [3.63, 3.8) is 0 Å². The minimum atomic E-state index is -0.676. The Labute approximate surface area is 118 Å². The van der Waals surface area contributed by atoms with Crippen LogP contribution in [0.1, 0.15) is 28.4 Å². The van der Waals surface area contributed by atoms with Gasteiger partial charge in [-0.3, -0.25) is 0 Å². The second-order valence-corrected chi connectivity index (χ2v) is 5.12. The molecule has 0 spiro atoms. The molecule has 100 valence electrons. The van der Waals surface area contributed by atoms with Crippen LogP contribution in [0.4, 0.5) is 0 Å². The van der Waals surface area contributed by atoms with E-state index in [1.165, 1.54) is 0 Å². The van der Waals surface area contributed by atoms with Crippen LogP contribution < -0.4 is 4.74 Å². The van der Waals surface area contributed by atoms with E-state index in [4.69, 9.17) is 16.3 Å². The van der Waals surface area contributed by atoms with Gasteiger partial charge in [-0.15, -0.1) is 0 Å². The van der Waals surface area contributed by atoms with Gasteiger partial charge < -0.3 is 9.84 Å². The molecule has 0 heterocycles. The second-order valence-electron chi connectivity index (χ2n) is 4.72. The van der Waals surface area contributed by atoms with Crippen LogP contribution in [0.5, 0.6) is 5.75 Å². The maximum atomic E-state index is 10.5. The van der Waals surface area contributed by atoms with Gasteiger partial charge in [-0.2, -0.15) is 0 Å². The Morgan fingerprint density at radius 1 is 1.00 bits per heavy atom. The van der Waals surface area contributed by atoms with Gasteiger partial charge in [-0.1, -0.05) is 47.0 Å². The summed E-state index contributed by atoms with van der Waals surface area (Å²) >= 11 is 5.99. The number of hydrogen-bond donors (Lipinski definition) is 1. The maximum absolute atomic E-state index is 10.5. The van der Waals surface area contributed by atoms with Gasteiger partial charge >= 0.3 is 0 Å². The first kappa shape index (κ1) is 13.9. The zero-order chi connectivity index (χ0) is 14.0. The smallest absolute Gasteiger partial charge is 0.137 e. The summed E-state index contributed by atoms with van der Waals surface area (Å²) < 4.78 is 5.18. The van der Waals surface area contributed by atoms with Gasteiger partial charge in [-0.05, 0) is 37.1 Å². The molecule has 3 heteroatoms. The molecule has 0 amide bonds. The molecule has 1 atom stereocenters. The zero-order valence-corrected chi connectivity index (χ0v) is 12.0. The Bertz CT molecular complexity index is 573. The number of halogens is 1. The quantitative estimate of drug-likeness (QED) is 0.916. The van der Waals surface area contributed by atoms with Crippen LogP contribution in [0.25, 0.3) is 0 Å². The number of rotatable bonds is 3. The standard InChI is InChI=1S/C16H17ClO2/c1-10-6-11(2)8-13(7-10)16(18)12-4-5-14(17)15(9-12)19-3/h4-9,16,18H,1-3H3. The Morgan fingerprint density at radius 3 is 2.21 bits per heavy atom. The molecule has 0 aliphatic rings. The molecular weight excluding hydrogens is 260 g/mol. The van der Waals surface area contributed by atoms with E-state index >= 15 is 0 Å². The largest absolute Gasteiger partial charge is 0.495 e. The van der Waals surface area contributed by atoms with Gasteiger partial charge in [0.2, 0.25) is 0 Å². The fourth-order valence-electron chi connectivity index (χ4n) is 2.21. The average molecular weight is 277 g/mol. The van der Waals surface area contributed by atoms with Gasteiger partial charge in [0, 0.05) is 0 Å². The fraction of sp³-hybridized carbons (Fsp3) is 0.250. The highest BCUT2D eigenvalue weighted by molar-refractivity contribution is 6.32. The highest BCUT2D eigenvalue weighted by Gasteiger charge is 2.13. The molecule has 1 unspecified atom stereocenters. The van der Waals surface area contributed by atoms with Crippen LogP contribution in [0.2, 0.25) is 5.02 Å². The molecular formula is C16H17ClO2. The summed E-state index contributed by atoms with van der Waals surface area (Å²) in [5, 5.41) is 11.0. The lowest BCUT2D eigenvalue weighted by molar-refractivity contribution is 0.219. The van der Waals surface area contributed by atoms with Gasteiger partial charge in [0.15, 0.2) is 0 Å². The number of aliphatic hydroxyl groups is 1. The molecule has 0 radical (unpaired) electrons. The van der Waals surface area contributed by atoms with E-state index in [1.54, 1.807) is 19.2 Å². The molecule has 1 N–H and O–H groups in total. The van der Waals surface area contributed by atoms with E-state index < -0.39 is 6.10 Å². The predicted molar refractivity (Wildman–Crippen MR) is 78.0 cm³/mol. The van der Waals surface area contributed by atoms with Crippen molar-refractivity contribution in [1.29, 1.82) is 0 Å². The normalized spacial score (nSPS) is 12.3. The molecule has 2 rings (SSSR count). The molecule has 2 aromatic carbocycles. The first-order chi connectivity index (χ1) is 9.01. The number of methoxy groups -OCH3 is 1. The van der Waals surface area contributed by atoms with Crippen molar-refractivity contribution in [3.05, 3.63) is 63.7 Å². The van der Waals surface area contributed by atoms with Gasteiger partial charge in [0.05, 0.1) is 12.1 Å². The monoisotopic (exact) mass is 276 g/mol. The second kappa shape index (κ2) is 5.64. The van der Waals surface area contributed by atoms with Crippen molar-refractivity contribution in [2.75, 3.05) is 7.11 Å². The molecule has 0 aliphatic carbocycles. The lowest BCUT2D eigenvalue weighted by atomic mass is 9.98. The SMILES string of the molecule is COc1cc(C(O)c2cc(C)cc(C)c2)ccc1Cl. The molecule has 2 aromatic rings. The maximum Gasteiger partial charge on any atom is 0.137 e. The Morgan fingerprint density at radius 2 is 1.63 bits per heavy atom. The summed E-state index contributed by atoms with van der Waals surface area (Å²) in [5.74, 6) is 0.572. The Balaban J connectivity index is 2.40. The van der Waals surface area contributed by atoms with E-state index in [-0.39, 0.29) is 0 Å². The van der Waals surface area contributed by atoms with Gasteiger partial charge in [0.25, 0.3) is 0 Å². The number of aliphatic hydroxyl groups excluding tert-OH is 1. The van der Waals surface area contributed by atoms with E-state index in [9.17, 15) is 5.11 Å². The topological polar surface area (TPSA) is 29.5 Å². The number of ether oxygens (including phenoxy) is 1.